The van der Waals surface area contributed by atoms with Gasteiger partial charge in [-0.3, -0.25) is 9.97 Å². The highest BCUT2D eigenvalue weighted by Crippen LogP contribution is 2.37. The normalized spacial score (nSPS) is 11.8. The highest BCUT2D eigenvalue weighted by molar-refractivity contribution is 9.10. The summed E-state index contributed by atoms with van der Waals surface area (Å²) in [6.45, 7) is 27.9. The van der Waals surface area contributed by atoms with Crippen molar-refractivity contribution in [1.29, 1.82) is 0 Å². The Morgan fingerprint density at radius 3 is 1.23 bits per heavy atom. The van der Waals surface area contributed by atoms with E-state index in [0.717, 1.165) is 20.5 Å². The van der Waals surface area contributed by atoms with Crippen LogP contribution in [0.2, 0.25) is 0 Å². The Morgan fingerprint density at radius 1 is 0.523 bits per heavy atom. The maximum Gasteiger partial charge on any atom is 0.519 e. The van der Waals surface area contributed by atoms with Crippen LogP contribution in [-0.4, -0.2) is 66.8 Å². The van der Waals surface area contributed by atoms with E-state index in [1.54, 1.807) is 120 Å². The summed E-state index contributed by atoms with van der Waals surface area (Å²) in [4.78, 5) is 65.2. The van der Waals surface area contributed by atoms with Crippen LogP contribution in [0.5, 0.6) is 11.5 Å². The van der Waals surface area contributed by atoms with Gasteiger partial charge in [0.1, 0.15) is 33.6 Å². The number of ether oxygens (including phenoxy) is 7. The van der Waals surface area contributed by atoms with E-state index in [0.29, 0.717) is 16.0 Å². The number of hydrogen-bond donors (Lipinski definition) is 1. The van der Waals surface area contributed by atoms with Gasteiger partial charge in [-0.1, -0.05) is 0 Å². The number of nitrogens with two attached hydrogens (primary N) is 1. The lowest BCUT2D eigenvalue weighted by Crippen LogP contribution is -2.44. The molecule has 356 valence electrons. The molecule has 4 heterocycles. The number of carbonyl (C=O) groups excluding carboxylic acids is 4. The van der Waals surface area contributed by atoms with Gasteiger partial charge in [0.25, 0.3) is 0 Å². The monoisotopic (exact) mass is 1030 g/mol. The maximum absolute atomic E-state index is 13.0. The smallest absolute Gasteiger partial charge is 0.479 e. The van der Waals surface area contributed by atoms with Gasteiger partial charge in [0.2, 0.25) is 0 Å². The summed E-state index contributed by atoms with van der Waals surface area (Å²) in [5.41, 5.74) is 3.27. The molecule has 0 radical (unpaired) electrons. The van der Waals surface area contributed by atoms with Gasteiger partial charge < -0.3 is 38.9 Å². The first-order valence-corrected chi connectivity index (χ1v) is 21.8. The van der Waals surface area contributed by atoms with E-state index in [4.69, 9.17) is 34.2 Å². The van der Waals surface area contributed by atoms with Gasteiger partial charge in [0.15, 0.2) is 23.1 Å². The lowest BCUT2D eigenvalue weighted by atomic mass is 9.99. The van der Waals surface area contributed by atoms with Crippen LogP contribution in [-0.2, 0) is 34.9 Å². The first-order chi connectivity index (χ1) is 29.6. The van der Waals surface area contributed by atoms with Crippen LogP contribution >= 0.6 is 31.9 Å². The number of pyridine rings is 4. The topological polar surface area (TPSA) is 214 Å². The Kier molecular flexibility index (Phi) is 19.3. The minimum Gasteiger partial charge on any atom is -0.479 e. The number of imide groups is 1. The van der Waals surface area contributed by atoms with Crippen LogP contribution in [0.1, 0.15) is 122 Å². The second-order valence-electron chi connectivity index (χ2n) is 19.0. The Labute approximate surface area is 398 Å². The Morgan fingerprint density at radius 2 is 0.862 bits per heavy atom. The van der Waals surface area contributed by atoms with Gasteiger partial charge in [-0.15, -0.1) is 0 Å². The second kappa shape index (κ2) is 22.6. The van der Waals surface area contributed by atoms with E-state index in [-0.39, 0.29) is 11.6 Å². The van der Waals surface area contributed by atoms with Gasteiger partial charge in [0, 0.05) is 46.1 Å². The van der Waals surface area contributed by atoms with Crippen molar-refractivity contribution in [2.45, 2.75) is 144 Å². The second-order valence-corrected chi connectivity index (χ2v) is 20.9. The van der Waals surface area contributed by atoms with Crippen molar-refractivity contribution in [2.24, 2.45) is 0 Å². The third-order valence-corrected chi connectivity index (χ3v) is 8.31. The summed E-state index contributed by atoms with van der Waals surface area (Å²) in [6.07, 6.45) is 5.94. The molecule has 0 unspecified atom stereocenters. The number of rotatable bonds is 7. The summed E-state index contributed by atoms with van der Waals surface area (Å²) < 4.78 is 38.4. The van der Waals surface area contributed by atoms with Crippen molar-refractivity contribution in [3.05, 3.63) is 93.7 Å². The average molecular weight is 1030 g/mol. The molecule has 0 spiro atoms. The molecule has 0 saturated carbocycles. The summed E-state index contributed by atoms with van der Waals surface area (Å²) in [7, 11) is 0. The molecule has 17 nitrogen and oxygen atoms in total. The van der Waals surface area contributed by atoms with Crippen molar-refractivity contribution < 1.29 is 52.3 Å². The molecule has 0 bridgehead atoms. The number of halogens is 2. The van der Waals surface area contributed by atoms with Gasteiger partial charge in [0.05, 0.1) is 0 Å². The molecule has 65 heavy (non-hydrogen) atoms. The fourth-order valence-electron chi connectivity index (χ4n) is 4.82. The van der Waals surface area contributed by atoms with Gasteiger partial charge in [-0.05, 0) is 190 Å². The molecule has 0 aromatic carbocycles. The lowest BCUT2D eigenvalue weighted by molar-refractivity contribution is -0.0294. The molecule has 0 saturated heterocycles. The standard InChI is InChI=1S/C23H30BrN3O5.C13H14BrN3O.C10H18O5/c1-21(2,3)31-19(28)27(20(29)32-22(4,5)6)18-17(13-16(24)14-26-18)30-23(7,8)15-9-11-25-12-10-15;1-13(2,9-3-5-16-6-4-9)18-11-7-10(14)8-17-12(11)15;1-9(2,3)14-7(11)13-8(12)15-10(4,5)6/h9-14H,1-8H3;3-8H,1-2H3,(H2,15,17);1-6H3. The highest BCUT2D eigenvalue weighted by atomic mass is 79.9. The zero-order chi connectivity index (χ0) is 49.8. The summed E-state index contributed by atoms with van der Waals surface area (Å²) in [5.74, 6) is 1.09. The van der Waals surface area contributed by atoms with Crippen LogP contribution in [0.4, 0.5) is 30.8 Å². The molecule has 4 aromatic rings. The first-order valence-electron chi connectivity index (χ1n) is 20.2. The largest absolute Gasteiger partial charge is 0.519 e. The van der Waals surface area contributed by atoms with Gasteiger partial charge in [-0.2, -0.15) is 4.90 Å². The number of anilines is 2. The SMILES string of the molecule is CC(C)(C)OC(=O)N(C(=O)OC(C)(C)C)c1ncc(Br)cc1OC(C)(C)c1ccncc1.CC(C)(C)OC(=O)OC(=O)OC(C)(C)C.CC(C)(Oc1cc(Br)cnc1N)c1ccncc1. The van der Waals surface area contributed by atoms with Crippen LogP contribution < -0.4 is 20.1 Å². The third kappa shape index (κ3) is 20.9. The fourth-order valence-corrected chi connectivity index (χ4v) is 5.44. The molecule has 4 aromatic heterocycles. The Hall–Kier alpha value is -5.56. The minimum atomic E-state index is -1.06. The maximum atomic E-state index is 13.0. The van der Waals surface area contributed by atoms with E-state index in [1.807, 2.05) is 58.0 Å². The van der Waals surface area contributed by atoms with Crippen molar-refractivity contribution in [3.63, 3.8) is 0 Å². The van der Waals surface area contributed by atoms with Gasteiger partial charge >= 0.3 is 24.5 Å². The van der Waals surface area contributed by atoms with E-state index in [2.05, 4.69) is 56.5 Å². The molecule has 4 rings (SSSR count). The fraction of sp³-hybridized carbons (Fsp3) is 0.478. The van der Waals surface area contributed by atoms with Crippen molar-refractivity contribution in [3.8, 4) is 11.5 Å². The van der Waals surface area contributed by atoms with Crippen molar-refractivity contribution in [1.82, 2.24) is 19.9 Å². The zero-order valence-electron chi connectivity index (χ0n) is 40.0. The molecule has 0 aliphatic carbocycles. The summed E-state index contributed by atoms with van der Waals surface area (Å²) in [5, 5.41) is 0. The molecule has 0 fully saturated rings. The van der Waals surface area contributed by atoms with E-state index >= 15 is 0 Å². The van der Waals surface area contributed by atoms with Gasteiger partial charge in [-0.25, -0.2) is 29.1 Å². The lowest BCUT2D eigenvalue weighted by Gasteiger charge is -2.31. The van der Waals surface area contributed by atoms with Crippen LogP contribution in [0.25, 0.3) is 0 Å². The Balaban J connectivity index is 0.000000371. The molecule has 0 aliphatic heterocycles. The molecular weight excluding hydrogens is 972 g/mol. The van der Waals surface area contributed by atoms with E-state index < -0.39 is 58.1 Å². The number of aromatic nitrogens is 4. The zero-order valence-corrected chi connectivity index (χ0v) is 43.2. The highest BCUT2D eigenvalue weighted by Gasteiger charge is 2.37. The predicted molar refractivity (Wildman–Crippen MR) is 253 cm³/mol. The summed E-state index contributed by atoms with van der Waals surface area (Å²) >= 11 is 6.73. The minimum absolute atomic E-state index is 0.0427. The number of nitrogens with zero attached hydrogens (tertiary/aromatic N) is 5. The molecule has 2 N–H and O–H groups in total. The van der Waals surface area contributed by atoms with Crippen LogP contribution in [0.3, 0.4) is 0 Å². The quantitative estimate of drug-likeness (QED) is 0.103. The molecular formula is C46H62Br2N6O11. The van der Waals surface area contributed by atoms with Crippen LogP contribution in [0.15, 0.2) is 82.5 Å². The first kappa shape index (κ1) is 55.6. The van der Waals surface area contributed by atoms with E-state index in [1.165, 1.54) is 6.20 Å². The Bertz CT molecular complexity index is 2160. The number of carbonyl (C=O) groups is 4. The van der Waals surface area contributed by atoms with E-state index in [9.17, 15) is 19.2 Å². The number of hydrogen-bond acceptors (Lipinski definition) is 16. The molecule has 19 heteroatoms. The average Bonchev–Trinajstić information content (AvgIpc) is 3.12. The van der Waals surface area contributed by atoms with Crippen molar-refractivity contribution >= 4 is 68.0 Å². The summed E-state index contributed by atoms with van der Waals surface area (Å²) in [6, 6.07) is 10.9. The number of nitrogen functional groups attached to an aromatic ring is 1. The third-order valence-electron chi connectivity index (χ3n) is 7.44. The van der Waals surface area contributed by atoms with Crippen LogP contribution in [0, 0.1) is 0 Å². The molecule has 0 atom stereocenters. The van der Waals surface area contributed by atoms with Crippen molar-refractivity contribution in [2.75, 3.05) is 10.6 Å². The predicted octanol–water partition coefficient (Wildman–Crippen LogP) is 12.2. The number of amides is 2. The molecule has 2 amide bonds. The molecule has 0 aliphatic rings.